The van der Waals surface area contributed by atoms with Crippen LogP contribution in [0.2, 0.25) is 0 Å². The maximum Gasteiger partial charge on any atom is 0.335 e. The topological polar surface area (TPSA) is 38.3 Å². The monoisotopic (exact) mass is 205 g/mol. The fourth-order valence-electron chi connectivity index (χ4n) is 1.03. The van der Waals surface area contributed by atoms with E-state index in [1.54, 1.807) is 20.0 Å². The Kier molecular flexibility index (Phi) is 4.41. The van der Waals surface area contributed by atoms with Crippen LogP contribution in [0.4, 0.5) is 5.69 Å². The van der Waals surface area contributed by atoms with Gasteiger partial charge in [0.25, 0.3) is 0 Å². The number of para-hydroxylation sites is 1. The van der Waals surface area contributed by atoms with Crippen molar-refractivity contribution in [1.29, 1.82) is 0 Å². The van der Waals surface area contributed by atoms with Crippen LogP contribution in [-0.2, 0) is 9.53 Å². The van der Waals surface area contributed by atoms with Crippen molar-refractivity contribution in [1.82, 2.24) is 0 Å². The number of anilines is 1. The van der Waals surface area contributed by atoms with Gasteiger partial charge in [-0.1, -0.05) is 18.2 Å². The Labute approximate surface area is 89.8 Å². The first-order chi connectivity index (χ1) is 7.24. The van der Waals surface area contributed by atoms with Crippen LogP contribution in [-0.4, -0.2) is 12.6 Å². The molecule has 15 heavy (non-hydrogen) atoms. The van der Waals surface area contributed by atoms with E-state index in [0.29, 0.717) is 12.2 Å². The third-order valence-electron chi connectivity index (χ3n) is 1.83. The Bertz CT molecular complexity index is 344. The molecule has 0 aromatic heterocycles. The third-order valence-corrected chi connectivity index (χ3v) is 1.83. The number of nitrogens with one attached hydrogen (secondary N) is 1. The molecule has 0 aliphatic heterocycles. The normalized spacial score (nSPS) is 10.9. The van der Waals surface area contributed by atoms with E-state index in [2.05, 4.69) is 5.32 Å². The van der Waals surface area contributed by atoms with Gasteiger partial charge in [-0.3, -0.25) is 0 Å². The fraction of sp³-hybridized carbons (Fsp3) is 0.250. The zero-order chi connectivity index (χ0) is 11.1. The summed E-state index contributed by atoms with van der Waals surface area (Å²) < 4.78 is 4.84. The van der Waals surface area contributed by atoms with Crippen LogP contribution in [0.15, 0.2) is 42.1 Å². The van der Waals surface area contributed by atoms with Crippen molar-refractivity contribution < 1.29 is 9.53 Å². The molecule has 1 rings (SSSR count). The lowest BCUT2D eigenvalue weighted by atomic mass is 10.3. The van der Waals surface area contributed by atoms with E-state index in [1.807, 2.05) is 30.3 Å². The summed E-state index contributed by atoms with van der Waals surface area (Å²) in [7, 11) is 0. The van der Waals surface area contributed by atoms with Gasteiger partial charge in [0, 0.05) is 11.9 Å². The molecule has 0 amide bonds. The van der Waals surface area contributed by atoms with Crippen LogP contribution in [0.3, 0.4) is 0 Å². The van der Waals surface area contributed by atoms with Crippen LogP contribution in [0.25, 0.3) is 0 Å². The minimum atomic E-state index is -0.291. The number of carbonyl (C=O) groups excluding carboxylic acids is 1. The molecule has 0 saturated carbocycles. The molecule has 3 heteroatoms. The number of benzene rings is 1. The summed E-state index contributed by atoms with van der Waals surface area (Å²) in [5, 5.41) is 3.02. The third kappa shape index (κ3) is 3.85. The molecule has 1 N–H and O–H groups in total. The second-order valence-corrected chi connectivity index (χ2v) is 3.06. The van der Waals surface area contributed by atoms with Gasteiger partial charge in [0.1, 0.15) is 0 Å². The molecule has 0 aliphatic carbocycles. The number of ether oxygens (including phenoxy) is 1. The summed E-state index contributed by atoms with van der Waals surface area (Å²) in [6.45, 7) is 3.90. The fourth-order valence-corrected chi connectivity index (χ4v) is 1.03. The predicted molar refractivity (Wildman–Crippen MR) is 60.5 cm³/mol. The zero-order valence-corrected chi connectivity index (χ0v) is 8.99. The molecular weight excluding hydrogens is 190 g/mol. The second kappa shape index (κ2) is 5.86. The van der Waals surface area contributed by atoms with Crippen LogP contribution < -0.4 is 5.32 Å². The van der Waals surface area contributed by atoms with Crippen LogP contribution >= 0.6 is 0 Å². The van der Waals surface area contributed by atoms with Crippen molar-refractivity contribution in [3.8, 4) is 0 Å². The highest BCUT2D eigenvalue weighted by Crippen LogP contribution is 2.06. The molecule has 0 radical (unpaired) electrons. The average Bonchev–Trinajstić information content (AvgIpc) is 2.27. The standard InChI is InChI=1S/C12H15NO2/c1-3-15-12(14)10(2)9-13-11-7-5-4-6-8-11/h4-9,13H,3H2,1-2H3/b10-9+. The highest BCUT2D eigenvalue weighted by atomic mass is 16.5. The van der Waals surface area contributed by atoms with E-state index >= 15 is 0 Å². The molecule has 0 saturated heterocycles. The lowest BCUT2D eigenvalue weighted by Crippen LogP contribution is -2.06. The Balaban J connectivity index is 2.54. The number of rotatable bonds is 4. The Hall–Kier alpha value is -1.77. The molecule has 0 unspecified atom stereocenters. The van der Waals surface area contributed by atoms with Gasteiger partial charge in [0.15, 0.2) is 0 Å². The predicted octanol–water partition coefficient (Wildman–Crippen LogP) is 2.57. The maximum absolute atomic E-state index is 11.2. The summed E-state index contributed by atoms with van der Waals surface area (Å²) >= 11 is 0. The number of carbonyl (C=O) groups is 1. The second-order valence-electron chi connectivity index (χ2n) is 3.06. The summed E-state index contributed by atoms with van der Waals surface area (Å²) in [5.41, 5.74) is 1.50. The van der Waals surface area contributed by atoms with Gasteiger partial charge in [0.05, 0.1) is 12.2 Å². The average molecular weight is 205 g/mol. The van der Waals surface area contributed by atoms with Gasteiger partial charge >= 0.3 is 5.97 Å². The van der Waals surface area contributed by atoms with Crippen LogP contribution in [0.5, 0.6) is 0 Å². The number of hydrogen-bond acceptors (Lipinski definition) is 3. The number of hydrogen-bond donors (Lipinski definition) is 1. The molecule has 0 spiro atoms. The van der Waals surface area contributed by atoms with E-state index in [-0.39, 0.29) is 5.97 Å². The highest BCUT2D eigenvalue weighted by molar-refractivity contribution is 5.88. The molecule has 0 bridgehead atoms. The lowest BCUT2D eigenvalue weighted by molar-refractivity contribution is -0.138. The number of esters is 1. The molecule has 0 fully saturated rings. The van der Waals surface area contributed by atoms with Gasteiger partial charge in [0.2, 0.25) is 0 Å². The summed E-state index contributed by atoms with van der Waals surface area (Å²) in [5.74, 6) is -0.291. The van der Waals surface area contributed by atoms with Gasteiger partial charge in [-0.15, -0.1) is 0 Å². The summed E-state index contributed by atoms with van der Waals surface area (Å²) in [4.78, 5) is 11.2. The quantitative estimate of drug-likeness (QED) is 0.606. The van der Waals surface area contributed by atoms with E-state index < -0.39 is 0 Å². The molecule has 0 aliphatic rings. The molecular formula is C12H15NO2. The summed E-state index contributed by atoms with van der Waals surface area (Å²) in [6.07, 6.45) is 1.65. The van der Waals surface area contributed by atoms with Crippen molar-refractivity contribution in [2.24, 2.45) is 0 Å². The molecule has 1 aromatic rings. The Morgan fingerprint density at radius 3 is 2.67 bits per heavy atom. The first-order valence-corrected chi connectivity index (χ1v) is 4.89. The first kappa shape index (κ1) is 11.3. The van der Waals surface area contributed by atoms with Crippen molar-refractivity contribution in [3.05, 3.63) is 42.1 Å². The van der Waals surface area contributed by atoms with Gasteiger partial charge in [-0.2, -0.15) is 0 Å². The van der Waals surface area contributed by atoms with Crippen molar-refractivity contribution in [3.63, 3.8) is 0 Å². The van der Waals surface area contributed by atoms with Crippen LogP contribution in [0, 0.1) is 0 Å². The first-order valence-electron chi connectivity index (χ1n) is 4.89. The van der Waals surface area contributed by atoms with Gasteiger partial charge in [-0.25, -0.2) is 4.79 Å². The van der Waals surface area contributed by atoms with E-state index in [4.69, 9.17) is 4.74 Å². The minimum absolute atomic E-state index is 0.291. The smallest absolute Gasteiger partial charge is 0.335 e. The van der Waals surface area contributed by atoms with Gasteiger partial charge in [-0.05, 0) is 26.0 Å². The van der Waals surface area contributed by atoms with Crippen molar-refractivity contribution >= 4 is 11.7 Å². The molecule has 1 aromatic carbocycles. The van der Waals surface area contributed by atoms with Crippen LogP contribution in [0.1, 0.15) is 13.8 Å². The molecule has 3 nitrogen and oxygen atoms in total. The molecule has 80 valence electrons. The van der Waals surface area contributed by atoms with E-state index in [9.17, 15) is 4.79 Å². The van der Waals surface area contributed by atoms with Crippen molar-refractivity contribution in [2.45, 2.75) is 13.8 Å². The SMILES string of the molecule is CCOC(=O)/C(C)=C/Nc1ccccc1. The highest BCUT2D eigenvalue weighted by Gasteiger charge is 2.02. The Morgan fingerprint density at radius 1 is 1.40 bits per heavy atom. The maximum atomic E-state index is 11.2. The van der Waals surface area contributed by atoms with Gasteiger partial charge < -0.3 is 10.1 Å². The van der Waals surface area contributed by atoms with Crippen molar-refractivity contribution in [2.75, 3.05) is 11.9 Å². The summed E-state index contributed by atoms with van der Waals surface area (Å²) in [6, 6.07) is 9.64. The minimum Gasteiger partial charge on any atom is -0.463 e. The van der Waals surface area contributed by atoms with E-state index in [0.717, 1.165) is 5.69 Å². The lowest BCUT2D eigenvalue weighted by Gasteiger charge is -2.03. The molecule has 0 atom stereocenters. The largest absolute Gasteiger partial charge is 0.463 e. The Morgan fingerprint density at radius 2 is 2.07 bits per heavy atom. The zero-order valence-electron chi connectivity index (χ0n) is 8.99. The van der Waals surface area contributed by atoms with E-state index in [1.165, 1.54) is 0 Å². The molecule has 0 heterocycles.